The number of para-hydroxylation sites is 1. The number of halogens is 4. The third-order valence-corrected chi connectivity index (χ3v) is 3.66. The second-order valence-electron chi connectivity index (χ2n) is 4.84. The van der Waals surface area contributed by atoms with E-state index >= 15 is 0 Å². The molecule has 0 spiro atoms. The molecule has 0 amide bonds. The lowest BCUT2D eigenvalue weighted by Gasteiger charge is -2.18. The Morgan fingerprint density at radius 3 is 2.44 bits per heavy atom. The highest BCUT2D eigenvalue weighted by atomic mass is 35.5. The van der Waals surface area contributed by atoms with Crippen LogP contribution in [0.4, 0.5) is 18.9 Å². The second kappa shape index (κ2) is 5.00. The van der Waals surface area contributed by atoms with E-state index in [1.807, 2.05) is 0 Å². The van der Waals surface area contributed by atoms with Crippen molar-refractivity contribution in [2.45, 2.75) is 25.4 Å². The molecule has 0 atom stereocenters. The molecule has 18 heavy (non-hydrogen) atoms. The van der Waals surface area contributed by atoms with Crippen LogP contribution in [-0.4, -0.2) is 12.4 Å². The summed E-state index contributed by atoms with van der Waals surface area (Å²) in [5.41, 5.74) is -0.335. The third kappa shape index (κ3) is 3.10. The molecular formula is C13H15ClF3N. The summed E-state index contributed by atoms with van der Waals surface area (Å²) in [5.74, 6) is 0.558. The van der Waals surface area contributed by atoms with Crippen molar-refractivity contribution in [2.24, 2.45) is 5.41 Å². The van der Waals surface area contributed by atoms with Gasteiger partial charge in [-0.25, -0.2) is 0 Å². The van der Waals surface area contributed by atoms with Gasteiger partial charge in [0.25, 0.3) is 0 Å². The van der Waals surface area contributed by atoms with Crippen LogP contribution < -0.4 is 5.32 Å². The highest BCUT2D eigenvalue weighted by Crippen LogP contribution is 2.49. The summed E-state index contributed by atoms with van der Waals surface area (Å²) in [7, 11) is 0. The van der Waals surface area contributed by atoms with Gasteiger partial charge >= 0.3 is 6.18 Å². The molecule has 5 heteroatoms. The first-order valence-corrected chi connectivity index (χ1v) is 6.46. The van der Waals surface area contributed by atoms with Gasteiger partial charge < -0.3 is 5.32 Å². The topological polar surface area (TPSA) is 12.0 Å². The van der Waals surface area contributed by atoms with Gasteiger partial charge in [-0.1, -0.05) is 12.1 Å². The smallest absolute Gasteiger partial charge is 0.384 e. The number of hydrogen-bond donors (Lipinski definition) is 1. The predicted octanol–water partition coefficient (Wildman–Crippen LogP) is 4.53. The Labute approximate surface area is 109 Å². The van der Waals surface area contributed by atoms with Crippen LogP contribution in [0, 0.1) is 5.41 Å². The molecule has 0 heterocycles. The first-order valence-electron chi connectivity index (χ1n) is 5.93. The zero-order valence-corrected chi connectivity index (χ0v) is 10.6. The van der Waals surface area contributed by atoms with E-state index in [0.29, 0.717) is 12.4 Å². The van der Waals surface area contributed by atoms with Crippen molar-refractivity contribution in [3.63, 3.8) is 0 Å². The van der Waals surface area contributed by atoms with Gasteiger partial charge in [0.05, 0.1) is 5.56 Å². The minimum absolute atomic E-state index is 0.112. The number of hydrogen-bond acceptors (Lipinski definition) is 1. The molecule has 0 radical (unpaired) electrons. The molecule has 1 aromatic carbocycles. The Morgan fingerprint density at radius 2 is 1.89 bits per heavy atom. The quantitative estimate of drug-likeness (QED) is 0.780. The van der Waals surface area contributed by atoms with Crippen molar-refractivity contribution in [3.05, 3.63) is 29.8 Å². The van der Waals surface area contributed by atoms with E-state index in [-0.39, 0.29) is 11.1 Å². The largest absolute Gasteiger partial charge is 0.418 e. The van der Waals surface area contributed by atoms with Gasteiger partial charge in [0, 0.05) is 18.1 Å². The van der Waals surface area contributed by atoms with Crippen LogP contribution in [0.1, 0.15) is 24.8 Å². The van der Waals surface area contributed by atoms with Gasteiger partial charge in [-0.2, -0.15) is 13.2 Å². The van der Waals surface area contributed by atoms with E-state index in [0.717, 1.165) is 25.3 Å². The maximum atomic E-state index is 12.8. The molecule has 1 fully saturated rings. The van der Waals surface area contributed by atoms with Gasteiger partial charge in [-0.15, -0.1) is 11.6 Å². The van der Waals surface area contributed by atoms with Crippen LogP contribution in [-0.2, 0) is 6.18 Å². The maximum Gasteiger partial charge on any atom is 0.418 e. The summed E-state index contributed by atoms with van der Waals surface area (Å²) < 4.78 is 38.3. The average molecular weight is 278 g/mol. The number of alkyl halides is 4. The lowest BCUT2D eigenvalue weighted by atomic mass is 10.0. The first-order chi connectivity index (χ1) is 8.47. The number of benzene rings is 1. The molecule has 1 nitrogen and oxygen atoms in total. The van der Waals surface area contributed by atoms with Crippen molar-refractivity contribution in [2.75, 3.05) is 17.7 Å². The van der Waals surface area contributed by atoms with Gasteiger partial charge in [0.2, 0.25) is 0 Å². The molecule has 1 saturated carbocycles. The molecule has 0 bridgehead atoms. The SMILES string of the molecule is FC(F)(F)c1ccccc1NCC1(CCCl)CC1. The number of rotatable bonds is 5. The van der Waals surface area contributed by atoms with E-state index in [1.165, 1.54) is 12.1 Å². The standard InChI is InChI=1S/C13H15ClF3N/c14-8-7-12(5-6-12)9-18-11-4-2-1-3-10(11)13(15,16)17/h1-4,18H,5-9H2. The van der Waals surface area contributed by atoms with Crippen molar-refractivity contribution < 1.29 is 13.2 Å². The second-order valence-corrected chi connectivity index (χ2v) is 5.21. The van der Waals surface area contributed by atoms with Crippen LogP contribution in [0.3, 0.4) is 0 Å². The fourth-order valence-corrected chi connectivity index (χ4v) is 2.46. The Balaban J connectivity index is 2.06. The summed E-state index contributed by atoms with van der Waals surface area (Å²) >= 11 is 5.70. The normalized spacial score (nSPS) is 17.6. The molecule has 0 aromatic heterocycles. The van der Waals surface area contributed by atoms with Gasteiger partial charge in [0.15, 0.2) is 0 Å². The highest BCUT2D eigenvalue weighted by Gasteiger charge is 2.42. The minimum Gasteiger partial charge on any atom is -0.384 e. The molecule has 2 rings (SSSR count). The lowest BCUT2D eigenvalue weighted by molar-refractivity contribution is -0.137. The molecule has 1 N–H and O–H groups in total. The van der Waals surface area contributed by atoms with E-state index in [4.69, 9.17) is 11.6 Å². The molecular weight excluding hydrogens is 263 g/mol. The Bertz CT molecular complexity index is 413. The summed E-state index contributed by atoms with van der Waals surface area (Å²) in [6, 6.07) is 5.58. The molecule has 0 saturated heterocycles. The van der Waals surface area contributed by atoms with Crippen LogP contribution in [0.2, 0.25) is 0 Å². The van der Waals surface area contributed by atoms with Gasteiger partial charge in [-0.3, -0.25) is 0 Å². The monoisotopic (exact) mass is 277 g/mol. The molecule has 0 unspecified atom stereocenters. The lowest BCUT2D eigenvalue weighted by Crippen LogP contribution is -2.18. The highest BCUT2D eigenvalue weighted by molar-refractivity contribution is 6.17. The average Bonchev–Trinajstić information content (AvgIpc) is 3.07. The number of nitrogens with one attached hydrogen (secondary N) is 1. The Kier molecular flexibility index (Phi) is 3.76. The summed E-state index contributed by atoms with van der Waals surface area (Å²) in [6.07, 6.45) is -1.37. The number of anilines is 1. The van der Waals surface area contributed by atoms with E-state index < -0.39 is 11.7 Å². The van der Waals surface area contributed by atoms with E-state index in [2.05, 4.69) is 5.32 Å². The summed E-state index contributed by atoms with van der Waals surface area (Å²) in [5, 5.41) is 2.93. The van der Waals surface area contributed by atoms with E-state index in [9.17, 15) is 13.2 Å². The fourth-order valence-electron chi connectivity index (χ4n) is 2.06. The fraction of sp³-hybridized carbons (Fsp3) is 0.538. The van der Waals surface area contributed by atoms with E-state index in [1.54, 1.807) is 6.07 Å². The Morgan fingerprint density at radius 1 is 1.22 bits per heavy atom. The van der Waals surface area contributed by atoms with Gasteiger partial charge in [0.1, 0.15) is 0 Å². The molecule has 0 aliphatic heterocycles. The predicted molar refractivity (Wildman–Crippen MR) is 66.9 cm³/mol. The Hall–Kier alpha value is -0.900. The van der Waals surface area contributed by atoms with Crippen molar-refractivity contribution >= 4 is 17.3 Å². The third-order valence-electron chi connectivity index (χ3n) is 3.47. The first kappa shape index (κ1) is 13.5. The van der Waals surface area contributed by atoms with Crippen LogP contribution in [0.15, 0.2) is 24.3 Å². The van der Waals surface area contributed by atoms with Crippen LogP contribution in [0.5, 0.6) is 0 Å². The van der Waals surface area contributed by atoms with Crippen molar-refractivity contribution in [3.8, 4) is 0 Å². The molecule has 1 aliphatic rings. The van der Waals surface area contributed by atoms with Crippen LogP contribution in [0.25, 0.3) is 0 Å². The zero-order valence-electron chi connectivity index (χ0n) is 9.86. The molecule has 100 valence electrons. The van der Waals surface area contributed by atoms with Crippen molar-refractivity contribution in [1.82, 2.24) is 0 Å². The summed E-state index contributed by atoms with van der Waals surface area (Å²) in [4.78, 5) is 0. The van der Waals surface area contributed by atoms with Gasteiger partial charge in [-0.05, 0) is 36.8 Å². The minimum atomic E-state index is -4.31. The molecule has 1 aromatic rings. The van der Waals surface area contributed by atoms with Crippen molar-refractivity contribution in [1.29, 1.82) is 0 Å². The molecule has 1 aliphatic carbocycles. The maximum absolute atomic E-state index is 12.8. The summed E-state index contributed by atoms with van der Waals surface area (Å²) in [6.45, 7) is 0.562. The zero-order chi connectivity index (χ0) is 13.2. The van der Waals surface area contributed by atoms with Crippen LogP contribution >= 0.6 is 11.6 Å².